The van der Waals surface area contributed by atoms with Crippen LogP contribution in [0.1, 0.15) is 23.2 Å². The summed E-state index contributed by atoms with van der Waals surface area (Å²) in [7, 11) is 0. The van der Waals surface area contributed by atoms with E-state index in [0.29, 0.717) is 5.75 Å². The number of aromatic carboxylic acids is 1. The minimum Gasteiger partial charge on any atom is -0.487 e. The fourth-order valence-corrected chi connectivity index (χ4v) is 1.25. The number of carboxylic acid groups (broad SMARTS) is 1. The van der Waals surface area contributed by atoms with Crippen LogP contribution in [-0.4, -0.2) is 22.2 Å². The zero-order chi connectivity index (χ0) is 10.1. The maximum atomic E-state index is 10.7. The van der Waals surface area contributed by atoms with Gasteiger partial charge >= 0.3 is 5.97 Å². The van der Waals surface area contributed by atoms with Gasteiger partial charge in [-0.2, -0.15) is 0 Å². The molecule has 0 amide bonds. The highest BCUT2D eigenvalue weighted by atomic mass is 35.5. The summed E-state index contributed by atoms with van der Waals surface area (Å²) in [5.74, 6) is -0.738. The SMILES string of the molecule is O=C(O)c1cncc(OC2CC2)c1Cl. The molecule has 0 radical (unpaired) electrons. The molecular weight excluding hydrogens is 206 g/mol. The topological polar surface area (TPSA) is 59.4 Å². The lowest BCUT2D eigenvalue weighted by Crippen LogP contribution is -2.03. The van der Waals surface area contributed by atoms with E-state index in [9.17, 15) is 4.79 Å². The van der Waals surface area contributed by atoms with E-state index >= 15 is 0 Å². The lowest BCUT2D eigenvalue weighted by Gasteiger charge is -2.06. The number of rotatable bonds is 3. The molecule has 0 atom stereocenters. The van der Waals surface area contributed by atoms with Gasteiger partial charge in [-0.1, -0.05) is 11.6 Å². The molecule has 1 aromatic rings. The van der Waals surface area contributed by atoms with Crippen molar-refractivity contribution in [1.29, 1.82) is 0 Å². The van der Waals surface area contributed by atoms with E-state index < -0.39 is 5.97 Å². The van der Waals surface area contributed by atoms with Gasteiger partial charge in [-0.05, 0) is 12.8 Å². The molecule has 1 fully saturated rings. The Bertz CT molecular complexity index is 376. The molecule has 1 aliphatic rings. The summed E-state index contributed by atoms with van der Waals surface area (Å²) in [5.41, 5.74) is -0.0233. The van der Waals surface area contributed by atoms with Crippen LogP contribution in [0.2, 0.25) is 5.02 Å². The molecule has 0 bridgehead atoms. The molecule has 1 aromatic heterocycles. The molecule has 4 nitrogen and oxygen atoms in total. The van der Waals surface area contributed by atoms with Crippen molar-refractivity contribution in [3.63, 3.8) is 0 Å². The van der Waals surface area contributed by atoms with Gasteiger partial charge in [-0.3, -0.25) is 4.98 Å². The number of carbonyl (C=O) groups is 1. The van der Waals surface area contributed by atoms with Crippen molar-refractivity contribution in [2.75, 3.05) is 0 Å². The van der Waals surface area contributed by atoms with Gasteiger partial charge in [0.1, 0.15) is 10.6 Å². The predicted octanol–water partition coefficient (Wildman–Crippen LogP) is 1.97. The highest BCUT2D eigenvalue weighted by Crippen LogP contribution is 2.32. The molecule has 5 heteroatoms. The first-order valence-electron chi connectivity index (χ1n) is 4.22. The smallest absolute Gasteiger partial charge is 0.338 e. The minimum atomic E-state index is -1.09. The number of aromatic nitrogens is 1. The summed E-state index contributed by atoms with van der Waals surface area (Å²) < 4.78 is 5.39. The van der Waals surface area contributed by atoms with Gasteiger partial charge in [-0.15, -0.1) is 0 Å². The molecule has 0 aliphatic heterocycles. The molecule has 1 N–H and O–H groups in total. The third-order valence-corrected chi connectivity index (χ3v) is 2.29. The largest absolute Gasteiger partial charge is 0.487 e. The molecule has 1 heterocycles. The van der Waals surface area contributed by atoms with Crippen LogP contribution in [0.25, 0.3) is 0 Å². The maximum absolute atomic E-state index is 10.7. The monoisotopic (exact) mass is 213 g/mol. The Balaban J connectivity index is 2.30. The summed E-state index contributed by atoms with van der Waals surface area (Å²) >= 11 is 5.83. The Labute approximate surface area is 85.5 Å². The molecule has 0 aromatic carbocycles. The summed E-state index contributed by atoms with van der Waals surface area (Å²) in [5, 5.41) is 8.88. The molecule has 14 heavy (non-hydrogen) atoms. The average Bonchev–Trinajstić information content (AvgIpc) is 2.92. The van der Waals surface area contributed by atoms with Gasteiger partial charge < -0.3 is 9.84 Å². The standard InChI is InChI=1S/C9H8ClNO3/c10-8-6(9(12)13)3-11-4-7(8)14-5-1-2-5/h3-5H,1-2H2,(H,12,13). The average molecular weight is 214 g/mol. The maximum Gasteiger partial charge on any atom is 0.338 e. The van der Waals surface area contributed by atoms with Crippen LogP contribution in [-0.2, 0) is 0 Å². The third kappa shape index (κ3) is 1.80. The molecule has 0 spiro atoms. The van der Waals surface area contributed by atoms with Crippen molar-refractivity contribution >= 4 is 17.6 Å². The Morgan fingerprint density at radius 3 is 2.86 bits per heavy atom. The first-order valence-corrected chi connectivity index (χ1v) is 4.59. The Kier molecular flexibility index (Phi) is 2.29. The van der Waals surface area contributed by atoms with Gasteiger partial charge in [0.05, 0.1) is 12.3 Å². The number of hydrogen-bond donors (Lipinski definition) is 1. The van der Waals surface area contributed by atoms with Crippen LogP contribution in [0.4, 0.5) is 0 Å². The summed E-state index contributed by atoms with van der Waals surface area (Å²) in [6, 6.07) is 0. The Hall–Kier alpha value is -1.29. The molecule has 1 aliphatic carbocycles. The van der Waals surface area contributed by atoms with E-state index in [-0.39, 0.29) is 16.7 Å². The normalized spacial score (nSPS) is 15.2. The van der Waals surface area contributed by atoms with Gasteiger partial charge in [0.15, 0.2) is 5.75 Å². The number of pyridine rings is 1. The second kappa shape index (κ2) is 3.46. The van der Waals surface area contributed by atoms with Crippen molar-refractivity contribution in [3.8, 4) is 5.75 Å². The van der Waals surface area contributed by atoms with Gasteiger partial charge in [-0.25, -0.2) is 4.79 Å². The van der Waals surface area contributed by atoms with Crippen molar-refractivity contribution < 1.29 is 14.6 Å². The summed E-state index contributed by atoms with van der Waals surface area (Å²) in [6.07, 6.45) is 4.82. The third-order valence-electron chi connectivity index (χ3n) is 1.90. The molecule has 0 saturated heterocycles. The van der Waals surface area contributed by atoms with Crippen LogP contribution in [0.15, 0.2) is 12.4 Å². The van der Waals surface area contributed by atoms with Crippen molar-refractivity contribution in [1.82, 2.24) is 4.98 Å². The number of carboxylic acids is 1. The fourth-order valence-electron chi connectivity index (χ4n) is 1.02. The predicted molar refractivity (Wildman–Crippen MR) is 49.9 cm³/mol. The lowest BCUT2D eigenvalue weighted by molar-refractivity contribution is 0.0696. The van der Waals surface area contributed by atoms with Crippen LogP contribution in [0.5, 0.6) is 5.75 Å². The van der Waals surface area contributed by atoms with Crippen molar-refractivity contribution in [2.45, 2.75) is 18.9 Å². The quantitative estimate of drug-likeness (QED) is 0.834. The van der Waals surface area contributed by atoms with Crippen LogP contribution < -0.4 is 4.74 Å². The molecular formula is C9H8ClNO3. The van der Waals surface area contributed by atoms with E-state index in [0.717, 1.165) is 12.8 Å². The Morgan fingerprint density at radius 2 is 2.29 bits per heavy atom. The van der Waals surface area contributed by atoms with E-state index in [1.807, 2.05) is 0 Å². The summed E-state index contributed by atoms with van der Waals surface area (Å²) in [4.78, 5) is 14.5. The fraction of sp³-hybridized carbons (Fsp3) is 0.333. The molecule has 1 saturated carbocycles. The molecule has 0 unspecified atom stereocenters. The van der Waals surface area contributed by atoms with Crippen LogP contribution >= 0.6 is 11.6 Å². The van der Waals surface area contributed by atoms with E-state index in [4.69, 9.17) is 21.4 Å². The zero-order valence-corrected chi connectivity index (χ0v) is 7.99. The van der Waals surface area contributed by atoms with Crippen molar-refractivity contribution in [2.24, 2.45) is 0 Å². The number of nitrogens with zero attached hydrogens (tertiary/aromatic N) is 1. The second-order valence-corrected chi connectivity index (χ2v) is 3.50. The number of ether oxygens (including phenoxy) is 1. The number of halogens is 1. The van der Waals surface area contributed by atoms with Gasteiger partial charge in [0.2, 0.25) is 0 Å². The van der Waals surface area contributed by atoms with E-state index in [1.54, 1.807) is 0 Å². The highest BCUT2D eigenvalue weighted by Gasteiger charge is 2.25. The first-order chi connectivity index (χ1) is 6.68. The van der Waals surface area contributed by atoms with Crippen LogP contribution in [0, 0.1) is 0 Å². The van der Waals surface area contributed by atoms with Gasteiger partial charge in [0, 0.05) is 6.20 Å². The Morgan fingerprint density at radius 1 is 1.57 bits per heavy atom. The first kappa shape index (κ1) is 9.27. The van der Waals surface area contributed by atoms with Gasteiger partial charge in [0.25, 0.3) is 0 Å². The van der Waals surface area contributed by atoms with E-state index in [1.165, 1.54) is 12.4 Å². The van der Waals surface area contributed by atoms with E-state index in [2.05, 4.69) is 4.98 Å². The van der Waals surface area contributed by atoms with Crippen molar-refractivity contribution in [3.05, 3.63) is 23.0 Å². The van der Waals surface area contributed by atoms with Crippen LogP contribution in [0.3, 0.4) is 0 Å². The minimum absolute atomic E-state index is 0.0233. The molecule has 2 rings (SSSR count). The number of hydrogen-bond acceptors (Lipinski definition) is 3. The highest BCUT2D eigenvalue weighted by molar-refractivity contribution is 6.34. The lowest BCUT2D eigenvalue weighted by atomic mass is 10.3. The zero-order valence-electron chi connectivity index (χ0n) is 7.24. The second-order valence-electron chi connectivity index (χ2n) is 3.12. The molecule has 74 valence electrons. The summed E-state index contributed by atoms with van der Waals surface area (Å²) in [6.45, 7) is 0.